The molecule has 0 heterocycles. The minimum Gasteiger partial charge on any atom is -0.198 e. The SMILES string of the molecule is FC(F)Sc1ccc([S+](c2ccccc2)c2ccccc2)cc1. The van der Waals surface area contributed by atoms with Gasteiger partial charge in [-0.2, -0.15) is 8.78 Å². The maximum Gasteiger partial charge on any atom is 0.288 e. The molecule has 0 aliphatic heterocycles. The highest BCUT2D eigenvalue weighted by Gasteiger charge is 2.28. The molecule has 0 fully saturated rings. The Hall–Kier alpha value is -1.78. The summed E-state index contributed by atoms with van der Waals surface area (Å²) >= 11 is 0.580. The third-order valence-electron chi connectivity index (χ3n) is 3.24. The lowest BCUT2D eigenvalue weighted by molar-refractivity contribution is 0.252. The van der Waals surface area contributed by atoms with E-state index in [0.717, 1.165) is 4.90 Å². The van der Waals surface area contributed by atoms with E-state index in [-0.39, 0.29) is 10.9 Å². The standard InChI is InChI=1S/C19H15F2S2/c20-19(21)22-15-11-13-18(14-12-15)23(16-7-3-1-4-8-16)17-9-5-2-6-10-17/h1-14,19H/q+1. The minimum absolute atomic E-state index is 0.232. The van der Waals surface area contributed by atoms with Crippen LogP contribution in [-0.2, 0) is 10.9 Å². The van der Waals surface area contributed by atoms with Crippen LogP contribution in [0.4, 0.5) is 8.78 Å². The molecule has 0 bridgehead atoms. The lowest BCUT2D eigenvalue weighted by atomic mass is 10.4. The molecule has 0 saturated carbocycles. The summed E-state index contributed by atoms with van der Waals surface area (Å²) in [4.78, 5) is 4.15. The molecule has 4 heteroatoms. The van der Waals surface area contributed by atoms with Gasteiger partial charge in [-0.25, -0.2) is 0 Å². The average molecular weight is 345 g/mol. The second-order valence-electron chi connectivity index (χ2n) is 4.78. The van der Waals surface area contributed by atoms with Crippen LogP contribution in [0.25, 0.3) is 0 Å². The topological polar surface area (TPSA) is 0 Å². The van der Waals surface area contributed by atoms with Gasteiger partial charge in [-0.15, -0.1) is 0 Å². The van der Waals surface area contributed by atoms with Gasteiger partial charge in [-0.1, -0.05) is 48.2 Å². The van der Waals surface area contributed by atoms with Gasteiger partial charge in [-0.3, -0.25) is 0 Å². The Kier molecular flexibility index (Phi) is 5.36. The molecule has 3 rings (SSSR count). The molecule has 0 aliphatic rings. The van der Waals surface area contributed by atoms with E-state index in [2.05, 4.69) is 24.3 Å². The Bertz CT molecular complexity index is 689. The minimum atomic E-state index is -2.39. The molecular formula is C19H15F2S2+. The fourth-order valence-corrected chi connectivity index (χ4v) is 4.86. The Morgan fingerprint density at radius 1 is 0.609 bits per heavy atom. The summed E-state index contributed by atoms with van der Waals surface area (Å²) < 4.78 is 24.9. The van der Waals surface area contributed by atoms with Gasteiger partial charge in [0.25, 0.3) is 5.76 Å². The van der Waals surface area contributed by atoms with Crippen molar-refractivity contribution >= 4 is 22.7 Å². The average Bonchev–Trinajstić information content (AvgIpc) is 2.58. The predicted octanol–water partition coefficient (Wildman–Crippen LogP) is 6.10. The van der Waals surface area contributed by atoms with Gasteiger partial charge in [0.05, 0.1) is 10.9 Å². The van der Waals surface area contributed by atoms with Crippen LogP contribution >= 0.6 is 11.8 Å². The summed E-state index contributed by atoms with van der Waals surface area (Å²) in [6.07, 6.45) is 0. The van der Waals surface area contributed by atoms with Crippen LogP contribution in [0.3, 0.4) is 0 Å². The molecule has 0 saturated heterocycles. The van der Waals surface area contributed by atoms with E-state index in [1.54, 1.807) is 12.1 Å². The molecule has 116 valence electrons. The predicted molar refractivity (Wildman–Crippen MR) is 93.4 cm³/mol. The quantitative estimate of drug-likeness (QED) is 0.398. The van der Waals surface area contributed by atoms with E-state index in [1.165, 1.54) is 9.79 Å². The van der Waals surface area contributed by atoms with Crippen LogP contribution in [0, 0.1) is 0 Å². The zero-order chi connectivity index (χ0) is 16.1. The first kappa shape index (κ1) is 16.1. The van der Waals surface area contributed by atoms with Crippen molar-refractivity contribution in [3.05, 3.63) is 84.9 Å². The molecule has 0 atom stereocenters. The third-order valence-corrected chi connectivity index (χ3v) is 6.20. The zero-order valence-corrected chi connectivity index (χ0v) is 13.9. The number of benzene rings is 3. The first-order valence-electron chi connectivity index (χ1n) is 7.13. The van der Waals surface area contributed by atoms with E-state index < -0.39 is 5.76 Å². The van der Waals surface area contributed by atoms with Crippen molar-refractivity contribution in [3.63, 3.8) is 0 Å². The Morgan fingerprint density at radius 3 is 1.48 bits per heavy atom. The number of thioether (sulfide) groups is 1. The Labute approximate surface area is 141 Å². The number of hydrogen-bond donors (Lipinski definition) is 0. The van der Waals surface area contributed by atoms with Crippen LogP contribution in [-0.4, -0.2) is 5.76 Å². The molecule has 0 aliphatic carbocycles. The lowest BCUT2D eigenvalue weighted by Crippen LogP contribution is -2.04. The molecule has 0 amide bonds. The summed E-state index contributed by atoms with van der Waals surface area (Å²) in [6.45, 7) is 0. The van der Waals surface area contributed by atoms with E-state index in [0.29, 0.717) is 16.7 Å². The van der Waals surface area contributed by atoms with Gasteiger partial charge in [-0.05, 0) is 48.5 Å². The largest absolute Gasteiger partial charge is 0.288 e. The Balaban J connectivity index is 1.99. The van der Waals surface area contributed by atoms with Crippen molar-refractivity contribution in [1.29, 1.82) is 0 Å². The molecule has 0 aromatic heterocycles. The maximum atomic E-state index is 12.5. The smallest absolute Gasteiger partial charge is 0.198 e. The van der Waals surface area contributed by atoms with Gasteiger partial charge in [0.2, 0.25) is 0 Å². The first-order chi connectivity index (χ1) is 11.2. The number of halogens is 2. The van der Waals surface area contributed by atoms with Crippen molar-refractivity contribution in [2.45, 2.75) is 25.3 Å². The summed E-state index contributed by atoms with van der Waals surface area (Å²) in [5.74, 6) is -2.39. The van der Waals surface area contributed by atoms with Gasteiger partial charge < -0.3 is 0 Å². The van der Waals surface area contributed by atoms with Gasteiger partial charge in [0.15, 0.2) is 14.7 Å². The van der Waals surface area contributed by atoms with E-state index >= 15 is 0 Å². The van der Waals surface area contributed by atoms with Crippen molar-refractivity contribution < 1.29 is 8.78 Å². The van der Waals surface area contributed by atoms with Crippen molar-refractivity contribution in [2.24, 2.45) is 0 Å². The highest BCUT2D eigenvalue weighted by atomic mass is 32.2. The normalized spacial score (nSPS) is 11.1. The fourth-order valence-electron chi connectivity index (χ4n) is 2.28. The molecule has 0 spiro atoms. The van der Waals surface area contributed by atoms with Crippen molar-refractivity contribution in [2.75, 3.05) is 0 Å². The fraction of sp³-hybridized carbons (Fsp3) is 0.0526. The van der Waals surface area contributed by atoms with Gasteiger partial charge in [0, 0.05) is 4.90 Å². The van der Waals surface area contributed by atoms with Gasteiger partial charge >= 0.3 is 0 Å². The van der Waals surface area contributed by atoms with Crippen LogP contribution in [0.2, 0.25) is 0 Å². The van der Waals surface area contributed by atoms with Crippen LogP contribution in [0.15, 0.2) is 105 Å². The molecule has 0 N–H and O–H groups in total. The molecule has 3 aromatic carbocycles. The second kappa shape index (κ2) is 7.66. The molecule has 3 aromatic rings. The highest BCUT2D eigenvalue weighted by molar-refractivity contribution is 7.99. The lowest BCUT2D eigenvalue weighted by Gasteiger charge is -2.08. The summed E-state index contributed by atoms with van der Waals surface area (Å²) in [7, 11) is -0.232. The van der Waals surface area contributed by atoms with Gasteiger partial charge in [0.1, 0.15) is 0 Å². The zero-order valence-electron chi connectivity index (χ0n) is 12.2. The third kappa shape index (κ3) is 4.15. The Morgan fingerprint density at radius 2 is 1.04 bits per heavy atom. The molecular weight excluding hydrogens is 330 g/mol. The number of rotatable bonds is 5. The maximum absolute atomic E-state index is 12.5. The molecule has 23 heavy (non-hydrogen) atoms. The van der Waals surface area contributed by atoms with Crippen molar-refractivity contribution in [3.8, 4) is 0 Å². The van der Waals surface area contributed by atoms with E-state index in [1.807, 2.05) is 48.5 Å². The number of hydrogen-bond acceptors (Lipinski definition) is 1. The highest BCUT2D eigenvalue weighted by Crippen LogP contribution is 2.33. The van der Waals surface area contributed by atoms with E-state index in [9.17, 15) is 8.78 Å². The number of alkyl halides is 2. The van der Waals surface area contributed by atoms with Crippen LogP contribution < -0.4 is 0 Å². The summed E-state index contributed by atoms with van der Waals surface area (Å²) in [6, 6.07) is 28.0. The second-order valence-corrected chi connectivity index (χ2v) is 7.87. The molecule has 0 nitrogen and oxygen atoms in total. The van der Waals surface area contributed by atoms with Crippen LogP contribution in [0.5, 0.6) is 0 Å². The first-order valence-corrected chi connectivity index (χ1v) is 9.24. The van der Waals surface area contributed by atoms with Crippen molar-refractivity contribution in [1.82, 2.24) is 0 Å². The summed E-state index contributed by atoms with van der Waals surface area (Å²) in [5, 5.41) is 0. The summed E-state index contributed by atoms with van der Waals surface area (Å²) in [5.41, 5.74) is 0. The van der Waals surface area contributed by atoms with Crippen LogP contribution in [0.1, 0.15) is 0 Å². The molecule has 0 unspecified atom stereocenters. The molecule has 0 radical (unpaired) electrons. The monoisotopic (exact) mass is 345 g/mol. The van der Waals surface area contributed by atoms with E-state index in [4.69, 9.17) is 0 Å².